The van der Waals surface area contributed by atoms with E-state index >= 15 is 0 Å². The Kier molecular flexibility index (Phi) is 5.80. The zero-order chi connectivity index (χ0) is 14.4. The average molecular weight is 277 g/mol. The van der Waals surface area contributed by atoms with Gasteiger partial charge in [0.25, 0.3) is 0 Å². The van der Waals surface area contributed by atoms with Crippen molar-refractivity contribution in [2.45, 2.75) is 45.7 Å². The minimum Gasteiger partial charge on any atom is -0.497 e. The number of ether oxygens (including phenoxy) is 1. The molecular weight excluding hydrogens is 250 g/mol. The molecule has 1 aromatic rings. The normalized spacial score (nSPS) is 20.1. The van der Waals surface area contributed by atoms with Crippen molar-refractivity contribution >= 4 is 0 Å². The lowest BCUT2D eigenvalue weighted by atomic mass is 10.0. The van der Waals surface area contributed by atoms with Gasteiger partial charge in [0.1, 0.15) is 5.75 Å². The van der Waals surface area contributed by atoms with Crippen molar-refractivity contribution in [3.63, 3.8) is 0 Å². The molecule has 1 N–H and O–H groups in total. The average Bonchev–Trinajstić information content (AvgIpc) is 2.45. The molecule has 1 fully saturated rings. The van der Waals surface area contributed by atoms with Crippen molar-refractivity contribution in [3.05, 3.63) is 23.5 Å². The molecule has 0 radical (unpaired) electrons. The summed E-state index contributed by atoms with van der Waals surface area (Å²) in [5.74, 6) is 0.910. The predicted molar refractivity (Wildman–Crippen MR) is 82.1 cm³/mol. The van der Waals surface area contributed by atoms with E-state index in [-0.39, 0.29) is 0 Å². The van der Waals surface area contributed by atoms with Gasteiger partial charge < -0.3 is 10.1 Å². The molecule has 20 heavy (non-hydrogen) atoms. The summed E-state index contributed by atoms with van der Waals surface area (Å²) < 4.78 is 5.35. The van der Waals surface area contributed by atoms with Gasteiger partial charge in [-0.3, -0.25) is 9.88 Å². The fraction of sp³-hybridized carbons (Fsp3) is 0.688. The monoisotopic (exact) mass is 277 g/mol. The van der Waals surface area contributed by atoms with Gasteiger partial charge in [-0.1, -0.05) is 13.3 Å². The van der Waals surface area contributed by atoms with E-state index in [0.29, 0.717) is 6.04 Å². The Balaban J connectivity index is 2.04. The number of hydrogen-bond donors (Lipinski definition) is 1. The van der Waals surface area contributed by atoms with Gasteiger partial charge in [0, 0.05) is 37.0 Å². The minimum atomic E-state index is 0.636. The van der Waals surface area contributed by atoms with Crippen LogP contribution in [0.15, 0.2) is 12.1 Å². The Morgan fingerprint density at radius 1 is 1.40 bits per heavy atom. The van der Waals surface area contributed by atoms with Crippen LogP contribution in [0.4, 0.5) is 0 Å². The SMILES string of the molecule is CCNCC1CCCCN1Cc1cc(OC)cc(C)n1. The molecule has 0 aromatic carbocycles. The zero-order valence-electron chi connectivity index (χ0n) is 13.0. The number of aryl methyl sites for hydroxylation is 1. The van der Waals surface area contributed by atoms with E-state index in [2.05, 4.69) is 28.2 Å². The van der Waals surface area contributed by atoms with Gasteiger partial charge in [-0.2, -0.15) is 0 Å². The highest BCUT2D eigenvalue weighted by molar-refractivity contribution is 5.26. The first-order chi connectivity index (χ1) is 9.72. The van der Waals surface area contributed by atoms with E-state index in [1.54, 1.807) is 7.11 Å². The number of hydrogen-bond acceptors (Lipinski definition) is 4. The van der Waals surface area contributed by atoms with Crippen LogP contribution >= 0.6 is 0 Å². The van der Waals surface area contributed by atoms with Gasteiger partial charge in [0.15, 0.2) is 0 Å². The second-order valence-electron chi connectivity index (χ2n) is 5.57. The van der Waals surface area contributed by atoms with Gasteiger partial charge in [0.2, 0.25) is 0 Å². The number of piperidine rings is 1. The third kappa shape index (κ3) is 4.18. The first kappa shape index (κ1) is 15.3. The van der Waals surface area contributed by atoms with Gasteiger partial charge in [-0.05, 0) is 32.9 Å². The summed E-state index contributed by atoms with van der Waals surface area (Å²) in [6.45, 7) is 8.42. The maximum Gasteiger partial charge on any atom is 0.122 e. The molecule has 0 aliphatic carbocycles. The van der Waals surface area contributed by atoms with Crippen LogP contribution in [0.3, 0.4) is 0 Å². The van der Waals surface area contributed by atoms with Gasteiger partial charge in [-0.25, -0.2) is 0 Å². The third-order valence-electron chi connectivity index (χ3n) is 3.96. The van der Waals surface area contributed by atoms with E-state index < -0.39 is 0 Å². The first-order valence-corrected chi connectivity index (χ1v) is 7.69. The molecule has 4 heteroatoms. The maximum atomic E-state index is 5.35. The summed E-state index contributed by atoms with van der Waals surface area (Å²) >= 11 is 0. The van der Waals surface area contributed by atoms with Crippen molar-refractivity contribution in [3.8, 4) is 5.75 Å². The standard InChI is InChI=1S/C16H27N3O/c1-4-17-11-15-7-5-6-8-19(15)12-14-10-16(20-3)9-13(2)18-14/h9-10,15,17H,4-8,11-12H2,1-3H3. The molecule has 2 rings (SSSR count). The first-order valence-electron chi connectivity index (χ1n) is 7.69. The van der Waals surface area contributed by atoms with Crippen LogP contribution in [0.5, 0.6) is 5.75 Å². The maximum absolute atomic E-state index is 5.35. The van der Waals surface area contributed by atoms with Crippen LogP contribution in [0, 0.1) is 6.92 Å². The molecule has 1 aliphatic rings. The molecule has 0 spiro atoms. The second kappa shape index (κ2) is 7.60. The van der Waals surface area contributed by atoms with E-state index in [1.807, 2.05) is 13.0 Å². The highest BCUT2D eigenvalue weighted by Crippen LogP contribution is 2.21. The fourth-order valence-electron chi connectivity index (χ4n) is 2.92. The number of likely N-dealkylation sites (N-methyl/N-ethyl adjacent to an activating group) is 1. The largest absolute Gasteiger partial charge is 0.497 e. The molecule has 1 aromatic heterocycles. The smallest absolute Gasteiger partial charge is 0.122 e. The van der Waals surface area contributed by atoms with Crippen molar-refractivity contribution in [2.24, 2.45) is 0 Å². The van der Waals surface area contributed by atoms with Gasteiger partial charge >= 0.3 is 0 Å². The fourth-order valence-corrected chi connectivity index (χ4v) is 2.92. The van der Waals surface area contributed by atoms with Gasteiger partial charge in [-0.15, -0.1) is 0 Å². The molecule has 0 bridgehead atoms. The lowest BCUT2D eigenvalue weighted by Gasteiger charge is -2.35. The predicted octanol–water partition coefficient (Wildman–Crippen LogP) is 2.36. The molecule has 1 aliphatic heterocycles. The topological polar surface area (TPSA) is 37.4 Å². The summed E-state index contributed by atoms with van der Waals surface area (Å²) in [5.41, 5.74) is 2.14. The Hall–Kier alpha value is -1.13. The van der Waals surface area contributed by atoms with E-state index in [1.165, 1.54) is 25.8 Å². The second-order valence-corrected chi connectivity index (χ2v) is 5.57. The molecular formula is C16H27N3O. The van der Waals surface area contributed by atoms with Crippen molar-refractivity contribution in [1.29, 1.82) is 0 Å². The molecule has 1 saturated heterocycles. The lowest BCUT2D eigenvalue weighted by molar-refractivity contribution is 0.136. The molecule has 0 amide bonds. The Morgan fingerprint density at radius 2 is 2.25 bits per heavy atom. The van der Waals surface area contributed by atoms with Crippen LogP contribution in [0.2, 0.25) is 0 Å². The van der Waals surface area contributed by atoms with Crippen LogP contribution in [0.1, 0.15) is 37.6 Å². The number of likely N-dealkylation sites (tertiary alicyclic amines) is 1. The molecule has 112 valence electrons. The lowest BCUT2D eigenvalue weighted by Crippen LogP contribution is -2.45. The van der Waals surface area contributed by atoms with Crippen molar-refractivity contribution < 1.29 is 4.74 Å². The quantitative estimate of drug-likeness (QED) is 0.866. The van der Waals surface area contributed by atoms with E-state index in [9.17, 15) is 0 Å². The molecule has 4 nitrogen and oxygen atoms in total. The van der Waals surface area contributed by atoms with E-state index in [0.717, 1.165) is 36.8 Å². The number of nitrogens with zero attached hydrogens (tertiary/aromatic N) is 2. The summed E-state index contributed by atoms with van der Waals surface area (Å²) in [4.78, 5) is 7.21. The number of pyridine rings is 1. The van der Waals surface area contributed by atoms with Crippen LogP contribution in [-0.2, 0) is 6.54 Å². The molecule has 1 unspecified atom stereocenters. The highest BCUT2D eigenvalue weighted by Gasteiger charge is 2.22. The van der Waals surface area contributed by atoms with Crippen LogP contribution < -0.4 is 10.1 Å². The minimum absolute atomic E-state index is 0.636. The number of aromatic nitrogens is 1. The number of rotatable bonds is 6. The Labute approximate surface area is 122 Å². The zero-order valence-corrected chi connectivity index (χ0v) is 13.0. The summed E-state index contributed by atoms with van der Waals surface area (Å²) in [7, 11) is 1.72. The summed E-state index contributed by atoms with van der Waals surface area (Å²) in [6, 6.07) is 4.68. The highest BCUT2D eigenvalue weighted by atomic mass is 16.5. The number of methoxy groups -OCH3 is 1. The number of nitrogens with one attached hydrogen (secondary N) is 1. The molecule has 2 heterocycles. The summed E-state index contributed by atoms with van der Waals surface area (Å²) in [5, 5.41) is 3.48. The Morgan fingerprint density at radius 3 is 3.00 bits per heavy atom. The molecule has 0 saturated carbocycles. The van der Waals surface area contributed by atoms with Crippen molar-refractivity contribution in [2.75, 3.05) is 26.7 Å². The summed E-state index contributed by atoms with van der Waals surface area (Å²) in [6.07, 6.45) is 3.93. The molecule has 1 atom stereocenters. The third-order valence-corrected chi connectivity index (χ3v) is 3.96. The van der Waals surface area contributed by atoms with Crippen molar-refractivity contribution in [1.82, 2.24) is 15.2 Å². The van der Waals surface area contributed by atoms with Gasteiger partial charge in [0.05, 0.1) is 12.8 Å². The van der Waals surface area contributed by atoms with E-state index in [4.69, 9.17) is 4.74 Å². The Bertz CT molecular complexity index is 422. The van der Waals surface area contributed by atoms with Crippen LogP contribution in [-0.4, -0.2) is 42.7 Å². The van der Waals surface area contributed by atoms with Crippen LogP contribution in [0.25, 0.3) is 0 Å².